The van der Waals surface area contributed by atoms with E-state index in [1.807, 2.05) is 25.1 Å². The molecular formula is C21H20N4O4S2. The van der Waals surface area contributed by atoms with Gasteiger partial charge in [-0.25, -0.2) is 4.98 Å². The van der Waals surface area contributed by atoms with Crippen molar-refractivity contribution in [2.24, 2.45) is 0 Å². The average molecular weight is 457 g/mol. The summed E-state index contributed by atoms with van der Waals surface area (Å²) >= 11 is 2.92. The van der Waals surface area contributed by atoms with E-state index in [4.69, 9.17) is 4.74 Å². The molecule has 0 saturated heterocycles. The van der Waals surface area contributed by atoms with Gasteiger partial charge in [0.05, 0.1) is 22.8 Å². The van der Waals surface area contributed by atoms with E-state index in [1.165, 1.54) is 23.2 Å². The number of para-hydroxylation sites is 2. The number of hydrogen-bond acceptors (Lipinski definition) is 7. The number of benzene rings is 1. The van der Waals surface area contributed by atoms with E-state index in [0.717, 1.165) is 20.3 Å². The van der Waals surface area contributed by atoms with E-state index in [9.17, 15) is 14.4 Å². The molecule has 0 fully saturated rings. The summed E-state index contributed by atoms with van der Waals surface area (Å²) in [6.45, 7) is 3.69. The van der Waals surface area contributed by atoms with Crippen LogP contribution in [0.4, 0.5) is 10.8 Å². The highest BCUT2D eigenvalue weighted by Crippen LogP contribution is 2.35. The number of aryl methyl sites for hydroxylation is 1. The number of thiazole rings is 1. The Balaban J connectivity index is 1.44. The van der Waals surface area contributed by atoms with Crippen molar-refractivity contribution in [2.45, 2.75) is 20.4 Å². The van der Waals surface area contributed by atoms with Crippen LogP contribution in [-0.2, 0) is 20.9 Å². The van der Waals surface area contributed by atoms with Crippen LogP contribution in [0.25, 0.3) is 10.6 Å². The molecule has 10 heteroatoms. The van der Waals surface area contributed by atoms with Gasteiger partial charge in [0.25, 0.3) is 5.91 Å². The molecular weight excluding hydrogens is 436 g/mol. The lowest BCUT2D eigenvalue weighted by molar-refractivity contribution is -0.123. The number of ether oxygens (including phenoxy) is 1. The van der Waals surface area contributed by atoms with E-state index >= 15 is 0 Å². The monoisotopic (exact) mass is 456 g/mol. The van der Waals surface area contributed by atoms with Crippen molar-refractivity contribution in [3.63, 3.8) is 0 Å². The summed E-state index contributed by atoms with van der Waals surface area (Å²) in [5.74, 6) is -0.0979. The van der Waals surface area contributed by atoms with Crippen LogP contribution in [0.1, 0.15) is 16.7 Å². The Morgan fingerprint density at radius 1 is 1.19 bits per heavy atom. The first-order chi connectivity index (χ1) is 14.9. The Kier molecular flexibility index (Phi) is 6.01. The van der Waals surface area contributed by atoms with Gasteiger partial charge in [0.15, 0.2) is 11.7 Å². The SMILES string of the molecule is CC(=O)NCc1ccc(-c2nc(NC(=O)CN3C(=O)COc4ccccc43)sc2C)s1. The second-order valence-electron chi connectivity index (χ2n) is 6.88. The van der Waals surface area contributed by atoms with Crippen molar-refractivity contribution in [1.29, 1.82) is 0 Å². The summed E-state index contributed by atoms with van der Waals surface area (Å²) in [4.78, 5) is 44.9. The molecule has 0 radical (unpaired) electrons. The number of carbonyl (C=O) groups is 3. The zero-order valence-corrected chi connectivity index (χ0v) is 18.6. The van der Waals surface area contributed by atoms with Gasteiger partial charge in [-0.05, 0) is 31.2 Å². The summed E-state index contributed by atoms with van der Waals surface area (Å²) in [6.07, 6.45) is 0. The molecule has 2 aromatic heterocycles. The maximum Gasteiger partial charge on any atom is 0.265 e. The molecule has 1 aromatic carbocycles. The zero-order chi connectivity index (χ0) is 22.0. The molecule has 3 amide bonds. The van der Waals surface area contributed by atoms with E-state index in [2.05, 4.69) is 15.6 Å². The Labute approximate surface area is 186 Å². The molecule has 2 N–H and O–H groups in total. The molecule has 1 aliphatic heterocycles. The second-order valence-corrected chi connectivity index (χ2v) is 9.26. The molecule has 3 aromatic rings. The summed E-state index contributed by atoms with van der Waals surface area (Å²) in [5, 5.41) is 6.05. The van der Waals surface area contributed by atoms with Crippen molar-refractivity contribution in [3.05, 3.63) is 46.2 Å². The van der Waals surface area contributed by atoms with Gasteiger partial charge in [0, 0.05) is 16.7 Å². The number of aromatic nitrogens is 1. The number of carbonyl (C=O) groups excluding carboxylic acids is 3. The fourth-order valence-electron chi connectivity index (χ4n) is 3.12. The maximum atomic E-state index is 12.6. The first kappa shape index (κ1) is 21.0. The molecule has 4 rings (SSSR count). The normalized spacial score (nSPS) is 12.8. The summed E-state index contributed by atoms with van der Waals surface area (Å²) < 4.78 is 5.41. The molecule has 0 aliphatic carbocycles. The molecule has 0 saturated carbocycles. The Morgan fingerprint density at radius 2 is 2.00 bits per heavy atom. The minimum atomic E-state index is -0.331. The first-order valence-electron chi connectivity index (χ1n) is 9.53. The van der Waals surface area contributed by atoms with Crippen molar-refractivity contribution >= 4 is 51.2 Å². The largest absolute Gasteiger partial charge is 0.482 e. The molecule has 0 atom stereocenters. The highest BCUT2D eigenvalue weighted by molar-refractivity contribution is 7.18. The van der Waals surface area contributed by atoms with Crippen molar-refractivity contribution < 1.29 is 19.1 Å². The van der Waals surface area contributed by atoms with E-state index in [1.54, 1.807) is 29.5 Å². The lowest BCUT2D eigenvalue weighted by Gasteiger charge is -2.28. The fourth-order valence-corrected chi connectivity index (χ4v) is 5.02. The highest BCUT2D eigenvalue weighted by atomic mass is 32.1. The van der Waals surface area contributed by atoms with Gasteiger partial charge in [0.1, 0.15) is 12.3 Å². The molecule has 8 nitrogen and oxygen atoms in total. The smallest absolute Gasteiger partial charge is 0.265 e. The van der Waals surface area contributed by atoms with Gasteiger partial charge in [-0.2, -0.15) is 0 Å². The van der Waals surface area contributed by atoms with E-state index < -0.39 is 0 Å². The number of fused-ring (bicyclic) bond motifs is 1. The summed E-state index contributed by atoms with van der Waals surface area (Å²) in [6, 6.07) is 11.0. The van der Waals surface area contributed by atoms with Gasteiger partial charge in [-0.3, -0.25) is 19.3 Å². The Morgan fingerprint density at radius 3 is 2.81 bits per heavy atom. The van der Waals surface area contributed by atoms with Crippen LogP contribution < -0.4 is 20.3 Å². The quantitative estimate of drug-likeness (QED) is 0.593. The highest BCUT2D eigenvalue weighted by Gasteiger charge is 2.27. The molecule has 31 heavy (non-hydrogen) atoms. The number of rotatable bonds is 6. The third-order valence-electron chi connectivity index (χ3n) is 4.56. The lowest BCUT2D eigenvalue weighted by Crippen LogP contribution is -2.43. The first-order valence-corrected chi connectivity index (χ1v) is 11.2. The zero-order valence-electron chi connectivity index (χ0n) is 16.9. The van der Waals surface area contributed by atoms with Crippen LogP contribution >= 0.6 is 22.7 Å². The van der Waals surface area contributed by atoms with Crippen molar-refractivity contribution in [2.75, 3.05) is 23.4 Å². The average Bonchev–Trinajstić information content (AvgIpc) is 3.34. The van der Waals surface area contributed by atoms with Gasteiger partial charge < -0.3 is 15.4 Å². The topological polar surface area (TPSA) is 101 Å². The number of amides is 3. The van der Waals surface area contributed by atoms with Crippen LogP contribution in [0.3, 0.4) is 0 Å². The maximum absolute atomic E-state index is 12.6. The van der Waals surface area contributed by atoms with Crippen LogP contribution in [0.5, 0.6) is 5.75 Å². The third kappa shape index (κ3) is 4.75. The van der Waals surface area contributed by atoms with Crippen LogP contribution in [0.2, 0.25) is 0 Å². The minimum absolute atomic E-state index is 0.0776. The van der Waals surface area contributed by atoms with E-state index in [-0.39, 0.29) is 30.9 Å². The van der Waals surface area contributed by atoms with Gasteiger partial charge in [-0.1, -0.05) is 12.1 Å². The number of hydrogen-bond donors (Lipinski definition) is 2. The second kappa shape index (κ2) is 8.86. The Hall–Kier alpha value is -3.24. The molecule has 160 valence electrons. The fraction of sp³-hybridized carbons (Fsp3) is 0.238. The van der Waals surface area contributed by atoms with Crippen LogP contribution in [0.15, 0.2) is 36.4 Å². The van der Waals surface area contributed by atoms with Gasteiger partial charge >= 0.3 is 0 Å². The van der Waals surface area contributed by atoms with Crippen molar-refractivity contribution in [3.8, 4) is 16.3 Å². The van der Waals surface area contributed by atoms with Crippen molar-refractivity contribution in [1.82, 2.24) is 10.3 Å². The number of nitrogens with zero attached hydrogens (tertiary/aromatic N) is 2. The molecule has 0 spiro atoms. The van der Waals surface area contributed by atoms with E-state index in [0.29, 0.717) is 23.1 Å². The van der Waals surface area contributed by atoms with Gasteiger partial charge in [0.2, 0.25) is 11.8 Å². The molecule has 3 heterocycles. The summed E-state index contributed by atoms with van der Waals surface area (Å²) in [5.41, 5.74) is 1.38. The lowest BCUT2D eigenvalue weighted by atomic mass is 10.2. The number of anilines is 2. The standard InChI is InChI=1S/C21H20N4O4S2/c1-12-20(17-8-7-14(31-17)9-22-13(2)26)24-21(30-12)23-18(27)10-25-15-5-3-4-6-16(15)29-11-19(25)28/h3-8H,9-11H2,1-2H3,(H,22,26)(H,23,24,27). The number of nitrogens with one attached hydrogen (secondary N) is 2. The predicted molar refractivity (Wildman–Crippen MR) is 121 cm³/mol. The molecule has 0 bridgehead atoms. The molecule has 1 aliphatic rings. The number of thiophene rings is 1. The molecule has 0 unspecified atom stereocenters. The predicted octanol–water partition coefficient (Wildman–Crippen LogP) is 3.18. The Bertz CT molecular complexity index is 1150. The van der Waals surface area contributed by atoms with Crippen LogP contribution in [0, 0.1) is 6.92 Å². The van der Waals surface area contributed by atoms with Gasteiger partial charge in [-0.15, -0.1) is 22.7 Å². The minimum Gasteiger partial charge on any atom is -0.482 e. The third-order valence-corrected chi connectivity index (χ3v) is 6.54. The van der Waals surface area contributed by atoms with Crippen LogP contribution in [-0.4, -0.2) is 35.9 Å². The summed E-state index contributed by atoms with van der Waals surface area (Å²) in [7, 11) is 0.